The topological polar surface area (TPSA) is 41.1 Å². The number of hydrogen-bond donors (Lipinski definition) is 2. The van der Waals surface area contributed by atoms with E-state index in [4.69, 9.17) is 11.2 Å². The van der Waals surface area contributed by atoms with Crippen molar-refractivity contribution >= 4 is 0 Å². The number of halogens is 1. The molecular formula is C13H23FN3O+. The Kier molecular flexibility index (Phi) is 5.39. The molecule has 0 aromatic rings. The van der Waals surface area contributed by atoms with E-state index in [1.807, 2.05) is 0 Å². The summed E-state index contributed by atoms with van der Waals surface area (Å²) in [7, 11) is 0. The van der Waals surface area contributed by atoms with E-state index < -0.39 is 6.17 Å². The zero-order valence-corrected chi connectivity index (χ0v) is 10.8. The molecule has 1 aliphatic heterocycles. The van der Waals surface area contributed by atoms with Gasteiger partial charge in [-0.05, 0) is 31.6 Å². The van der Waals surface area contributed by atoms with Crippen LogP contribution >= 0.6 is 0 Å². The van der Waals surface area contributed by atoms with Crippen molar-refractivity contribution in [3.05, 3.63) is 0 Å². The lowest BCUT2D eigenvalue weighted by Crippen LogP contribution is -2.82. The molecule has 1 saturated heterocycles. The maximum absolute atomic E-state index is 13.2. The van der Waals surface area contributed by atoms with E-state index >= 15 is 0 Å². The Bertz CT molecular complexity index is 280. The fourth-order valence-electron chi connectivity index (χ4n) is 2.78. The number of hydrazine groups is 1. The molecule has 0 aromatic carbocycles. The molecule has 1 unspecified atom stereocenters. The number of rotatable bonds is 5. The molecule has 2 rings (SSSR count). The SMILES string of the molecule is C#CCOC(CN1C[NH2+]CN1)C1CCC(F)CC1. The Morgan fingerprint density at radius 2 is 2.22 bits per heavy atom. The Morgan fingerprint density at radius 1 is 1.44 bits per heavy atom. The summed E-state index contributed by atoms with van der Waals surface area (Å²) in [5.41, 5.74) is 3.28. The molecule has 1 aliphatic carbocycles. The summed E-state index contributed by atoms with van der Waals surface area (Å²) in [6.45, 7) is 3.03. The van der Waals surface area contributed by atoms with Gasteiger partial charge >= 0.3 is 0 Å². The van der Waals surface area contributed by atoms with Gasteiger partial charge in [0.2, 0.25) is 0 Å². The van der Waals surface area contributed by atoms with Crippen molar-refractivity contribution in [1.29, 1.82) is 0 Å². The molecule has 2 fully saturated rings. The van der Waals surface area contributed by atoms with Gasteiger partial charge in [-0.2, -0.15) is 5.01 Å². The number of ether oxygens (including phenoxy) is 1. The van der Waals surface area contributed by atoms with Crippen LogP contribution in [0, 0.1) is 18.3 Å². The Balaban J connectivity index is 1.85. The normalized spacial score (nSPS) is 31.1. The van der Waals surface area contributed by atoms with Crippen molar-refractivity contribution in [3.8, 4) is 12.3 Å². The third-order valence-corrected chi connectivity index (χ3v) is 3.82. The molecular weight excluding hydrogens is 233 g/mol. The van der Waals surface area contributed by atoms with Gasteiger partial charge in [0.25, 0.3) is 0 Å². The van der Waals surface area contributed by atoms with Gasteiger partial charge < -0.3 is 10.1 Å². The number of hydrogen-bond acceptors (Lipinski definition) is 3. The molecule has 0 radical (unpaired) electrons. The number of alkyl halides is 1. The van der Waals surface area contributed by atoms with Crippen LogP contribution in [0.3, 0.4) is 0 Å². The molecule has 4 nitrogen and oxygen atoms in total. The standard InChI is InChI=1S/C13H22FN3O/c1-2-7-18-13(8-17-10-15-9-16-17)11-3-5-12(14)6-4-11/h1,11-13,15-16H,3-10H2/p+1. The van der Waals surface area contributed by atoms with Crippen LogP contribution in [0.4, 0.5) is 4.39 Å². The zero-order chi connectivity index (χ0) is 12.8. The van der Waals surface area contributed by atoms with E-state index in [9.17, 15) is 4.39 Å². The summed E-state index contributed by atoms with van der Waals surface area (Å²) in [5.74, 6) is 2.97. The quantitative estimate of drug-likeness (QED) is 0.671. The van der Waals surface area contributed by atoms with Gasteiger partial charge in [-0.15, -0.1) is 6.42 Å². The van der Waals surface area contributed by atoms with E-state index in [2.05, 4.69) is 21.7 Å². The first-order chi connectivity index (χ1) is 8.79. The average Bonchev–Trinajstić information content (AvgIpc) is 2.88. The minimum absolute atomic E-state index is 0.118. The van der Waals surface area contributed by atoms with Gasteiger partial charge in [0.1, 0.15) is 26.1 Å². The van der Waals surface area contributed by atoms with Crippen LogP contribution in [0.1, 0.15) is 25.7 Å². The lowest BCUT2D eigenvalue weighted by atomic mass is 9.84. The lowest BCUT2D eigenvalue weighted by Gasteiger charge is -2.32. The van der Waals surface area contributed by atoms with Crippen molar-refractivity contribution in [3.63, 3.8) is 0 Å². The maximum atomic E-state index is 13.2. The highest BCUT2D eigenvalue weighted by molar-refractivity contribution is 4.86. The first kappa shape index (κ1) is 13.8. The van der Waals surface area contributed by atoms with Crippen molar-refractivity contribution in [2.75, 3.05) is 26.5 Å². The third-order valence-electron chi connectivity index (χ3n) is 3.82. The number of nitrogens with zero attached hydrogens (tertiary/aromatic N) is 1. The zero-order valence-electron chi connectivity index (χ0n) is 10.8. The highest BCUT2D eigenvalue weighted by atomic mass is 19.1. The van der Waals surface area contributed by atoms with E-state index in [1.54, 1.807) is 0 Å². The molecule has 2 aliphatic rings. The molecule has 102 valence electrons. The summed E-state index contributed by atoms with van der Waals surface area (Å²) in [6, 6.07) is 0. The van der Waals surface area contributed by atoms with Gasteiger partial charge in [-0.25, -0.2) is 9.82 Å². The summed E-state index contributed by atoms with van der Waals surface area (Å²) in [4.78, 5) is 0. The first-order valence-corrected chi connectivity index (χ1v) is 6.79. The van der Waals surface area contributed by atoms with E-state index in [1.165, 1.54) is 0 Å². The van der Waals surface area contributed by atoms with Gasteiger partial charge in [0, 0.05) is 6.54 Å². The monoisotopic (exact) mass is 256 g/mol. The van der Waals surface area contributed by atoms with Crippen LogP contribution in [-0.4, -0.2) is 43.8 Å². The second-order valence-electron chi connectivity index (χ2n) is 5.12. The van der Waals surface area contributed by atoms with Crippen molar-refractivity contribution in [2.45, 2.75) is 38.0 Å². The second kappa shape index (κ2) is 7.05. The van der Waals surface area contributed by atoms with E-state index in [0.29, 0.717) is 25.4 Å². The Morgan fingerprint density at radius 3 is 2.83 bits per heavy atom. The van der Waals surface area contributed by atoms with Gasteiger partial charge in [0.15, 0.2) is 0 Å². The lowest BCUT2D eigenvalue weighted by molar-refractivity contribution is -0.644. The third kappa shape index (κ3) is 3.92. The number of terminal acetylenes is 1. The van der Waals surface area contributed by atoms with Gasteiger partial charge in [-0.1, -0.05) is 5.92 Å². The average molecular weight is 256 g/mol. The summed E-state index contributed by atoms with van der Waals surface area (Å²) in [6.07, 6.45) is 7.92. The van der Waals surface area contributed by atoms with Gasteiger partial charge in [-0.3, -0.25) is 0 Å². The molecule has 3 N–H and O–H groups in total. The largest absolute Gasteiger partial charge is 0.364 e. The predicted molar refractivity (Wildman–Crippen MR) is 66.9 cm³/mol. The van der Waals surface area contributed by atoms with Crippen molar-refractivity contribution in [2.24, 2.45) is 5.92 Å². The predicted octanol–water partition coefficient (Wildman–Crippen LogP) is -0.168. The fourth-order valence-corrected chi connectivity index (χ4v) is 2.78. The summed E-state index contributed by atoms with van der Waals surface area (Å²) < 4.78 is 19.0. The fraction of sp³-hybridized carbons (Fsp3) is 0.846. The maximum Gasteiger partial charge on any atom is 0.145 e. The summed E-state index contributed by atoms with van der Waals surface area (Å²) >= 11 is 0. The minimum Gasteiger partial charge on any atom is -0.364 e. The van der Waals surface area contributed by atoms with Crippen molar-refractivity contribution < 1.29 is 14.4 Å². The first-order valence-electron chi connectivity index (χ1n) is 6.79. The van der Waals surface area contributed by atoms with E-state index in [-0.39, 0.29) is 6.10 Å². The number of quaternary nitrogens is 1. The highest BCUT2D eigenvalue weighted by Gasteiger charge is 2.30. The molecule has 0 amide bonds. The number of nitrogens with one attached hydrogen (secondary N) is 1. The Hall–Kier alpha value is -0.670. The van der Waals surface area contributed by atoms with Crippen LogP contribution in [-0.2, 0) is 4.74 Å². The molecule has 1 atom stereocenters. The van der Waals surface area contributed by atoms with E-state index in [0.717, 1.165) is 32.7 Å². The van der Waals surface area contributed by atoms with Crippen LogP contribution in [0.2, 0.25) is 0 Å². The molecule has 0 spiro atoms. The number of nitrogens with two attached hydrogens (primary N) is 1. The van der Waals surface area contributed by atoms with Crippen LogP contribution in [0.25, 0.3) is 0 Å². The van der Waals surface area contributed by atoms with Crippen molar-refractivity contribution in [1.82, 2.24) is 10.4 Å². The minimum atomic E-state index is -0.618. The molecule has 5 heteroatoms. The van der Waals surface area contributed by atoms with Crippen LogP contribution < -0.4 is 10.7 Å². The molecule has 0 aromatic heterocycles. The summed E-state index contributed by atoms with van der Waals surface area (Å²) in [5, 5.41) is 4.35. The molecule has 18 heavy (non-hydrogen) atoms. The smallest absolute Gasteiger partial charge is 0.145 e. The molecule has 1 saturated carbocycles. The van der Waals surface area contributed by atoms with Crippen LogP contribution in [0.5, 0.6) is 0 Å². The highest BCUT2D eigenvalue weighted by Crippen LogP contribution is 2.30. The van der Waals surface area contributed by atoms with Crippen LogP contribution in [0.15, 0.2) is 0 Å². The molecule has 1 heterocycles. The second-order valence-corrected chi connectivity index (χ2v) is 5.12. The molecule has 0 bridgehead atoms. The Labute approximate surface area is 108 Å². The van der Waals surface area contributed by atoms with Gasteiger partial charge in [0.05, 0.1) is 6.10 Å².